The van der Waals surface area contributed by atoms with E-state index in [0.29, 0.717) is 54.6 Å². The summed E-state index contributed by atoms with van der Waals surface area (Å²) >= 11 is 0. The quantitative estimate of drug-likeness (QED) is 0.0299. The van der Waals surface area contributed by atoms with E-state index in [1.54, 1.807) is 0 Å². The topological polar surface area (TPSA) is 149 Å². The number of benzene rings is 6. The first-order valence-electron chi connectivity index (χ1n) is 33.8. The van der Waals surface area contributed by atoms with Crippen molar-refractivity contribution in [2.75, 3.05) is 19.6 Å². The van der Waals surface area contributed by atoms with Crippen molar-refractivity contribution in [1.29, 1.82) is 5.26 Å². The number of ketones is 1. The Balaban J connectivity index is -0.000000571. The number of nitrogens with two attached hydrogens (primary N) is 3. The Hall–Kier alpha value is -3.79. The Morgan fingerprint density at radius 3 is 1.05 bits per heavy atom. The Labute approximate surface area is 606 Å². The van der Waals surface area contributed by atoms with Crippen LogP contribution in [0.3, 0.4) is 0 Å². The van der Waals surface area contributed by atoms with Crippen molar-refractivity contribution >= 4 is 14.2 Å². The van der Waals surface area contributed by atoms with Gasteiger partial charge in [-0.25, -0.2) is 0 Å². The molecule has 0 amide bonds. The van der Waals surface area contributed by atoms with Gasteiger partial charge in [0.25, 0.3) is 0 Å². The van der Waals surface area contributed by atoms with Gasteiger partial charge in [-0.05, 0) is 159 Å². The largest absolute Gasteiger partial charge is 1.00 e. The number of halogens is 3. The van der Waals surface area contributed by atoms with E-state index in [1.807, 2.05) is 36.4 Å². The minimum atomic E-state index is 0. The molecule has 6 aromatic carbocycles. The summed E-state index contributed by atoms with van der Waals surface area (Å²) in [5.41, 5.74) is 24.4. The van der Waals surface area contributed by atoms with Crippen LogP contribution in [0.25, 0.3) is 0 Å². The number of nitrogens with zero attached hydrogens (tertiary/aromatic N) is 1. The number of carbonyl (C=O) groups is 1. The Morgan fingerprint density at radius 1 is 0.446 bits per heavy atom. The third-order valence-corrected chi connectivity index (χ3v) is 17.8. The number of aryl methyl sites for hydroxylation is 6. The zero-order chi connectivity index (χ0) is 63.9. The molecule has 12 heteroatoms. The number of nitrogens with one attached hydrogen (secondary N) is 1. The smallest absolute Gasteiger partial charge is 1.00 e. The summed E-state index contributed by atoms with van der Waals surface area (Å²) < 4.78 is 0. The fraction of sp³-hybridized carbons (Fsp3) is 0.525. The molecule has 0 saturated heterocycles. The standard InChI is InChI=1S/C27H41N.C25H39N3.C17H18O.C10H23N.CN.B.3ClH.Na/c1-22(2)24(4)16-15-23(3)21-28-27(19-17-25-11-7-5-8-12-25)20-18-26-13-9-6-10-14-26;1-20(2)25(27)18-15-23(26)19-28-24(16-13-21-9-5-3-6-10-21)17-14-22-11-7-4-8-12-22;18-17(13-11-15-7-3-1-4-8-15)14-12-16-9-5-2-6-10-16;1-8(2)10(4)6-5-9(3)7-11;1-2;;;;;/h5-14,22-24,27-28H,15-21H2,1-4H3;3-12,20,23-25,28H,13-19,26-27H2,1-2H3;1-10H,11-14H2;8-10H,5-7,11H2,1-4H3;;;3*1H;/q;;;;-1;;;;;+1/p-1/t23-,24?;23-,25?;;9-,10?;;;;;;/m00.0....../s1. The zero-order valence-electron chi connectivity index (χ0n) is 59.0. The molecule has 3 radical (unpaired) electrons. The second kappa shape index (κ2) is 60.9. The average Bonchev–Trinajstić information content (AvgIpc) is 3.77. The molecule has 0 heterocycles. The summed E-state index contributed by atoms with van der Waals surface area (Å²) in [7, 11) is 0. The maximum Gasteiger partial charge on any atom is 1.00 e. The fourth-order valence-corrected chi connectivity index (χ4v) is 10.3. The molecule has 0 spiro atoms. The number of hydrogen-bond donors (Lipinski definition) is 5. The van der Waals surface area contributed by atoms with Crippen LogP contribution in [-0.4, -0.2) is 58.0 Å². The van der Waals surface area contributed by atoms with E-state index in [-0.39, 0.29) is 75.2 Å². The van der Waals surface area contributed by atoms with E-state index in [0.717, 1.165) is 101 Å². The van der Waals surface area contributed by atoms with Gasteiger partial charge in [0, 0.05) is 52.6 Å². The molecule has 0 saturated carbocycles. The van der Waals surface area contributed by atoms with E-state index in [2.05, 4.69) is 231 Å². The third-order valence-electron chi connectivity index (χ3n) is 17.8. The van der Waals surface area contributed by atoms with Gasteiger partial charge in [0.1, 0.15) is 18.4 Å². The van der Waals surface area contributed by atoms with Gasteiger partial charge in [-0.2, -0.15) is 0 Å². The molecule has 0 aromatic heterocycles. The van der Waals surface area contributed by atoms with Crippen molar-refractivity contribution in [1.82, 2.24) is 5.32 Å². The van der Waals surface area contributed by atoms with Crippen LogP contribution in [0.15, 0.2) is 182 Å². The molecule has 0 aliphatic carbocycles. The van der Waals surface area contributed by atoms with E-state index in [1.165, 1.54) is 84.7 Å². The maximum absolute atomic E-state index is 11.8. The molecule has 0 fully saturated rings. The van der Waals surface area contributed by atoms with Crippen molar-refractivity contribution in [3.05, 3.63) is 222 Å². The molecule has 7 nitrogen and oxygen atoms in total. The van der Waals surface area contributed by atoms with Crippen LogP contribution in [0.2, 0.25) is 0 Å². The first kappa shape index (κ1) is 94.6. The van der Waals surface area contributed by atoms with Gasteiger partial charge in [-0.3, -0.25) is 4.79 Å². The summed E-state index contributed by atoms with van der Waals surface area (Å²) in [6.45, 7) is 30.9. The van der Waals surface area contributed by atoms with Crippen LogP contribution in [0.4, 0.5) is 0 Å². The van der Waals surface area contributed by atoms with Crippen molar-refractivity contribution in [2.24, 2.45) is 52.9 Å². The van der Waals surface area contributed by atoms with Gasteiger partial charge in [-0.15, -0.1) is 0 Å². The number of rotatable bonds is 37. The predicted octanol–water partition coefficient (Wildman–Crippen LogP) is 3.68. The molecule has 6 atom stereocenters. The van der Waals surface area contributed by atoms with Crippen LogP contribution in [0.5, 0.6) is 0 Å². The summed E-state index contributed by atoms with van der Waals surface area (Å²) in [4.78, 5) is 11.8. The van der Waals surface area contributed by atoms with Gasteiger partial charge in [0.2, 0.25) is 0 Å². The molecule has 0 bridgehead atoms. The average molecular weight is 1330 g/mol. The van der Waals surface area contributed by atoms with Gasteiger partial charge in [0.05, 0.1) is 6.04 Å². The predicted molar refractivity (Wildman–Crippen MR) is 379 cm³/mol. The molecule has 505 valence electrons. The van der Waals surface area contributed by atoms with Crippen molar-refractivity contribution in [3.63, 3.8) is 0 Å². The molecular weight excluding hydrogens is 1200 g/mol. The number of hydrogen-bond acceptors (Lipinski definition) is 5. The van der Waals surface area contributed by atoms with Gasteiger partial charge >= 0.3 is 29.6 Å². The number of quaternary nitrogens is 2. The minimum absolute atomic E-state index is 0. The second-order valence-corrected chi connectivity index (χ2v) is 26.3. The summed E-state index contributed by atoms with van der Waals surface area (Å²) in [5.74, 6) is 5.65. The zero-order valence-corrected chi connectivity index (χ0v) is 63.3. The summed E-state index contributed by atoms with van der Waals surface area (Å²) in [6.07, 6.45) is 20.0. The molecule has 10 N–H and O–H groups in total. The second-order valence-electron chi connectivity index (χ2n) is 26.3. The minimum Gasteiger partial charge on any atom is -1.00 e. The Bertz CT molecular complexity index is 2290. The first-order chi connectivity index (χ1) is 42.0. The normalized spacial score (nSPS) is 12.4. The van der Waals surface area contributed by atoms with Crippen molar-refractivity contribution in [3.8, 4) is 0 Å². The van der Waals surface area contributed by atoms with E-state index in [4.69, 9.17) is 23.3 Å². The van der Waals surface area contributed by atoms with Gasteiger partial charge < -0.3 is 76.9 Å². The third kappa shape index (κ3) is 48.8. The van der Waals surface area contributed by atoms with Crippen LogP contribution in [0.1, 0.15) is 180 Å². The van der Waals surface area contributed by atoms with E-state index < -0.39 is 0 Å². The van der Waals surface area contributed by atoms with Crippen LogP contribution in [-0.2, 0) is 43.3 Å². The fourth-order valence-electron chi connectivity index (χ4n) is 10.3. The molecule has 6 rings (SSSR count). The van der Waals surface area contributed by atoms with Crippen molar-refractivity contribution < 1.29 is 82.6 Å². The van der Waals surface area contributed by atoms with Gasteiger partial charge in [-0.1, -0.05) is 264 Å². The number of carbonyl (C=O) groups excluding carboxylic acids is 1. The maximum atomic E-state index is 11.8. The van der Waals surface area contributed by atoms with Crippen LogP contribution in [0, 0.1) is 53.3 Å². The Kier molecular flexibility index (Phi) is 62.6. The van der Waals surface area contributed by atoms with Crippen LogP contribution < -0.4 is 94.6 Å². The SMILES string of the molecule is CC(C)C(C)CC[C@H](C)CN.CC(C)C(C)CC[C@H](C)CNC(CCc1ccccc1)CCc1ccccc1.CC(C)C(N)CC[C@H]([NH3+])C[NH2+]C(CCc1ccccc1)CCc1ccccc1.O=C(CCc1ccccc1)CCc1ccccc1.[B].[C-]#N.[Cl-].[Cl-].[Cl-].[Na+]. The van der Waals surface area contributed by atoms with E-state index >= 15 is 0 Å². The van der Waals surface area contributed by atoms with Crippen molar-refractivity contribution in [2.45, 2.75) is 209 Å². The number of Topliss-reactive ketones (excluding diaryl/α,β-unsaturated/α-hetero) is 1. The van der Waals surface area contributed by atoms with E-state index in [9.17, 15) is 4.79 Å². The molecular formula is C80H123BCl3N6NaO-. The van der Waals surface area contributed by atoms with Gasteiger partial charge in [0.15, 0.2) is 0 Å². The molecule has 0 aliphatic rings. The summed E-state index contributed by atoms with van der Waals surface area (Å²) in [5, 5.41) is 12.7. The Morgan fingerprint density at radius 2 is 0.750 bits per heavy atom. The van der Waals surface area contributed by atoms with Crippen LogP contribution >= 0.6 is 0 Å². The molecule has 6 aromatic rings. The molecule has 3 unspecified atom stereocenters. The monoisotopic (exact) mass is 1320 g/mol. The summed E-state index contributed by atoms with van der Waals surface area (Å²) in [6, 6.07) is 65.9. The first-order valence-corrected chi connectivity index (χ1v) is 33.8. The molecule has 92 heavy (non-hydrogen) atoms. The molecule has 0 aliphatic heterocycles.